The van der Waals surface area contributed by atoms with Gasteiger partial charge in [0.15, 0.2) is 6.10 Å². The van der Waals surface area contributed by atoms with Crippen molar-refractivity contribution in [3.05, 3.63) is 12.2 Å². The van der Waals surface area contributed by atoms with Crippen LogP contribution in [0.5, 0.6) is 0 Å². The van der Waals surface area contributed by atoms with Crippen molar-refractivity contribution in [3.63, 3.8) is 0 Å². The Balaban J connectivity index is 0.0000109. The van der Waals surface area contributed by atoms with E-state index in [1.807, 2.05) is 6.92 Å². The second-order valence-corrected chi connectivity index (χ2v) is 10.2. The van der Waals surface area contributed by atoms with Gasteiger partial charge in [-0.3, -0.25) is 9.36 Å². The van der Waals surface area contributed by atoms with Crippen LogP contribution in [0.1, 0.15) is 117 Å². The molecule has 4 atom stereocenters. The molecule has 1 heterocycles. The molecule has 0 aromatic carbocycles. The van der Waals surface area contributed by atoms with Gasteiger partial charge in [-0.25, -0.2) is 0 Å². The molecule has 0 aromatic heterocycles. The maximum Gasteiger partial charge on any atom is 1.00 e. The predicted molar refractivity (Wildman–Crippen MR) is 129 cm³/mol. The number of phosphoric acid groups is 1. The van der Waals surface area contributed by atoms with E-state index in [0.717, 1.165) is 32.1 Å². The molecule has 1 aliphatic rings. The first-order valence-electron chi connectivity index (χ1n) is 13.1. The maximum atomic E-state index is 12.3. The zero-order valence-electron chi connectivity index (χ0n) is 21.8. The minimum atomic E-state index is -4.91. The van der Waals surface area contributed by atoms with E-state index >= 15 is 0 Å². The largest absolute Gasteiger partial charge is 1.00 e. The molecule has 1 aliphatic heterocycles. The van der Waals surface area contributed by atoms with Crippen LogP contribution in [0.3, 0.4) is 0 Å². The standard InChI is InChI=1S/C25H47O7P.Na/c1-3-5-6-7-8-9-10-11-12-13-14-15-16-17-18-19-24(26)31-25-22(4-2)30-21-20-23(25)32-33(27,28)29;/h11-12,22-23,25H,3-10,13-21H2,1-2H3,(H2,27,28,29);/q;+1/p-1/b12-11+;/t22-,23+,25-;/m1./s1. The first kappa shape index (κ1) is 34.3. The quantitative estimate of drug-likeness (QED) is 0.0933. The van der Waals surface area contributed by atoms with Gasteiger partial charge in [0.05, 0.1) is 6.10 Å². The number of allylic oxidation sites excluding steroid dienone is 2. The molecule has 0 spiro atoms. The first-order valence-corrected chi connectivity index (χ1v) is 14.5. The number of hydrogen-bond acceptors (Lipinski definition) is 6. The summed E-state index contributed by atoms with van der Waals surface area (Å²) in [5, 5.41) is 0. The van der Waals surface area contributed by atoms with Gasteiger partial charge in [0.25, 0.3) is 7.82 Å². The van der Waals surface area contributed by atoms with E-state index in [-0.39, 0.29) is 48.4 Å². The molecule has 1 fully saturated rings. The number of carbonyl (C=O) groups is 1. The van der Waals surface area contributed by atoms with Gasteiger partial charge >= 0.3 is 35.5 Å². The average Bonchev–Trinajstić information content (AvgIpc) is 2.76. The Kier molecular flexibility index (Phi) is 21.5. The van der Waals surface area contributed by atoms with Gasteiger partial charge in [0.1, 0.15) is 6.10 Å². The molecule has 9 heteroatoms. The van der Waals surface area contributed by atoms with Crippen LogP contribution < -0.4 is 34.5 Å². The molecule has 1 unspecified atom stereocenters. The van der Waals surface area contributed by atoms with Gasteiger partial charge in [-0.1, -0.05) is 77.4 Å². The third kappa shape index (κ3) is 17.7. The van der Waals surface area contributed by atoms with E-state index in [1.54, 1.807) is 0 Å². The summed E-state index contributed by atoms with van der Waals surface area (Å²) >= 11 is 0. The first-order chi connectivity index (χ1) is 15.9. The molecule has 1 N–H and O–H groups in total. The van der Waals surface area contributed by atoms with E-state index in [0.29, 0.717) is 13.0 Å². The summed E-state index contributed by atoms with van der Waals surface area (Å²) in [6.45, 7) is 4.41. The Morgan fingerprint density at radius 3 is 2.12 bits per heavy atom. The fourth-order valence-electron chi connectivity index (χ4n) is 4.17. The predicted octanol–water partition coefficient (Wildman–Crippen LogP) is 2.98. The number of esters is 1. The molecule has 0 bridgehead atoms. The summed E-state index contributed by atoms with van der Waals surface area (Å²) in [6.07, 6.45) is 19.0. The number of hydrogen-bond donors (Lipinski definition) is 1. The third-order valence-electron chi connectivity index (χ3n) is 6.05. The van der Waals surface area contributed by atoms with Crippen LogP contribution in [-0.4, -0.2) is 35.8 Å². The van der Waals surface area contributed by atoms with E-state index in [4.69, 9.17) is 18.9 Å². The number of carbonyl (C=O) groups excluding carboxylic acids is 1. The molecule has 0 amide bonds. The van der Waals surface area contributed by atoms with Crippen LogP contribution in [0.25, 0.3) is 0 Å². The van der Waals surface area contributed by atoms with E-state index in [9.17, 15) is 14.3 Å². The molecule has 1 saturated heterocycles. The van der Waals surface area contributed by atoms with Crippen molar-refractivity contribution in [1.29, 1.82) is 0 Å². The van der Waals surface area contributed by atoms with E-state index in [1.165, 1.54) is 51.4 Å². The molecule has 1 rings (SSSR count). The van der Waals surface area contributed by atoms with E-state index < -0.39 is 26.1 Å². The fourth-order valence-corrected chi connectivity index (χ4v) is 4.74. The normalized spacial score (nSPS) is 22.3. The second kappa shape index (κ2) is 21.4. The summed E-state index contributed by atoms with van der Waals surface area (Å²) in [7, 11) is -4.91. The van der Waals surface area contributed by atoms with Crippen molar-refractivity contribution in [1.82, 2.24) is 0 Å². The van der Waals surface area contributed by atoms with Crippen LogP contribution in [0.4, 0.5) is 0 Å². The topological polar surface area (TPSA) is 105 Å². The number of unbranched alkanes of at least 4 members (excludes halogenated alkanes) is 11. The molecule has 0 aromatic rings. The minimum Gasteiger partial charge on any atom is -0.756 e. The van der Waals surface area contributed by atoms with Gasteiger partial charge in [0.2, 0.25) is 0 Å². The van der Waals surface area contributed by atoms with Crippen molar-refractivity contribution in [2.24, 2.45) is 0 Å². The molecule has 0 saturated carbocycles. The number of phosphoric ester groups is 1. The monoisotopic (exact) mass is 512 g/mol. The molecule has 34 heavy (non-hydrogen) atoms. The summed E-state index contributed by atoms with van der Waals surface area (Å²) in [5.41, 5.74) is 0. The number of ether oxygens (including phenoxy) is 2. The van der Waals surface area contributed by atoms with Crippen molar-refractivity contribution in [2.75, 3.05) is 6.61 Å². The minimum absolute atomic E-state index is 0. The SMILES string of the molecule is CCCCCCCC/C=C/CCCCCCCC(=O)O[C@H]1[C@@H](OP(=O)([O-])O)CCO[C@@H]1CC.[Na+]. The molecule has 194 valence electrons. The van der Waals surface area contributed by atoms with Gasteiger partial charge in [-0.2, -0.15) is 0 Å². The van der Waals surface area contributed by atoms with Gasteiger partial charge in [0, 0.05) is 19.4 Å². The Bertz CT molecular complexity index is 582. The van der Waals surface area contributed by atoms with Crippen LogP contribution in [-0.2, 0) is 23.4 Å². The fraction of sp³-hybridized carbons (Fsp3) is 0.880. The van der Waals surface area contributed by atoms with Crippen LogP contribution in [0.2, 0.25) is 0 Å². The second-order valence-electron chi connectivity index (χ2n) is 9.01. The van der Waals surface area contributed by atoms with Crippen molar-refractivity contribution >= 4 is 13.8 Å². The Morgan fingerprint density at radius 2 is 1.56 bits per heavy atom. The van der Waals surface area contributed by atoms with Crippen LogP contribution >= 0.6 is 7.82 Å². The summed E-state index contributed by atoms with van der Waals surface area (Å²) in [4.78, 5) is 32.4. The van der Waals surface area contributed by atoms with Gasteiger partial charge in [-0.15, -0.1) is 0 Å². The van der Waals surface area contributed by atoms with Gasteiger partial charge < -0.3 is 23.8 Å². The zero-order chi connectivity index (χ0) is 24.4. The summed E-state index contributed by atoms with van der Waals surface area (Å²) < 4.78 is 27.0. The Hall–Kier alpha value is 0.280. The average molecular weight is 513 g/mol. The Morgan fingerprint density at radius 1 is 1.00 bits per heavy atom. The zero-order valence-corrected chi connectivity index (χ0v) is 24.6. The molecule has 0 radical (unpaired) electrons. The summed E-state index contributed by atoms with van der Waals surface area (Å²) in [6, 6.07) is 0. The van der Waals surface area contributed by atoms with Crippen LogP contribution in [0.15, 0.2) is 12.2 Å². The molecular formula is C25H46NaO7P. The van der Waals surface area contributed by atoms with Gasteiger partial charge in [-0.05, 0) is 38.5 Å². The summed E-state index contributed by atoms with van der Waals surface area (Å²) in [5.74, 6) is -0.381. The smallest absolute Gasteiger partial charge is 0.756 e. The Labute approximate surface area is 229 Å². The van der Waals surface area contributed by atoms with Crippen molar-refractivity contribution < 1.29 is 62.7 Å². The third-order valence-corrected chi connectivity index (χ3v) is 6.59. The molecular weight excluding hydrogens is 466 g/mol. The van der Waals surface area contributed by atoms with E-state index in [2.05, 4.69) is 19.1 Å². The van der Waals surface area contributed by atoms with Crippen molar-refractivity contribution in [3.8, 4) is 0 Å². The molecule has 7 nitrogen and oxygen atoms in total. The number of rotatable bonds is 19. The van der Waals surface area contributed by atoms with Crippen molar-refractivity contribution in [2.45, 2.75) is 135 Å². The van der Waals surface area contributed by atoms with Crippen LogP contribution in [0, 0.1) is 0 Å². The molecule has 0 aliphatic carbocycles. The maximum absolute atomic E-state index is 12.3.